The van der Waals surface area contributed by atoms with Gasteiger partial charge in [-0.2, -0.15) is 0 Å². The van der Waals surface area contributed by atoms with Crippen molar-refractivity contribution >= 4 is 104 Å². The van der Waals surface area contributed by atoms with Gasteiger partial charge in [-0.3, -0.25) is 4.98 Å². The molecular weight excluding hydrogens is 547 g/mol. The lowest BCUT2D eigenvalue weighted by atomic mass is 10.1. The fraction of sp³-hybridized carbons (Fsp3) is 0. The number of pyridine rings is 2. The molecule has 0 saturated carbocycles. The van der Waals surface area contributed by atoms with Crippen LogP contribution in [0.5, 0.6) is 0 Å². The van der Waals surface area contributed by atoms with Gasteiger partial charge >= 0.3 is 0 Å². The molecule has 38 heavy (non-hydrogen) atoms. The first-order valence-electron chi connectivity index (χ1n) is 11.6. The summed E-state index contributed by atoms with van der Waals surface area (Å²) in [6.45, 7) is 7.94. The number of rotatable bonds is 6. The minimum Gasteiger partial charge on any atom is -0.360 e. The Morgan fingerprint density at radius 2 is 1.34 bits per heavy atom. The van der Waals surface area contributed by atoms with E-state index in [1.54, 1.807) is 28.9 Å². The molecule has 0 spiro atoms. The van der Waals surface area contributed by atoms with Crippen molar-refractivity contribution in [3.63, 3.8) is 0 Å². The predicted octanol–water partition coefficient (Wildman–Crippen LogP) is 9.15. The molecule has 0 amide bonds. The number of aromatic nitrogens is 5. The van der Waals surface area contributed by atoms with Gasteiger partial charge in [-0.25, -0.2) is 0 Å². The van der Waals surface area contributed by atoms with Crippen LogP contribution in [0.15, 0.2) is 56.0 Å². The van der Waals surface area contributed by atoms with Gasteiger partial charge in [-0.1, -0.05) is 49.7 Å². The van der Waals surface area contributed by atoms with E-state index in [4.69, 9.17) is 24.4 Å². The fourth-order valence-corrected chi connectivity index (χ4v) is 6.89. The van der Waals surface area contributed by atoms with Gasteiger partial charge in [-0.15, -0.1) is 32.9 Å². The van der Waals surface area contributed by atoms with Crippen LogP contribution in [-0.4, -0.2) is 25.1 Å². The normalized spacial score (nSPS) is 11.9. The molecule has 0 unspecified atom stereocenters. The number of aromatic amines is 2. The minimum absolute atomic E-state index is 0.722. The van der Waals surface area contributed by atoms with Crippen LogP contribution >= 0.6 is 47.1 Å². The third-order valence-corrected chi connectivity index (χ3v) is 9.50. The molecule has 184 valence electrons. The second-order valence-corrected chi connectivity index (χ2v) is 11.3. The molecule has 0 aromatic carbocycles. The van der Waals surface area contributed by atoms with E-state index in [-0.39, 0.29) is 0 Å². The van der Waals surface area contributed by atoms with E-state index in [1.165, 1.54) is 0 Å². The molecule has 4 aromatic heterocycles. The average Bonchev–Trinajstić information content (AvgIpc) is 3.56. The van der Waals surface area contributed by atoms with Crippen LogP contribution in [0, 0.1) is 9.02 Å². The maximum absolute atomic E-state index is 5.50. The molecule has 4 aromatic rings. The molecule has 0 radical (unpaired) electrons. The highest BCUT2D eigenvalue weighted by Gasteiger charge is 2.13. The zero-order chi connectivity index (χ0) is 26.2. The molecule has 2 N–H and O–H groups in total. The van der Waals surface area contributed by atoms with Gasteiger partial charge in [0.05, 0.1) is 47.0 Å². The van der Waals surface area contributed by atoms with E-state index >= 15 is 0 Å². The number of thiophene rings is 2. The lowest BCUT2D eigenvalue weighted by Crippen LogP contribution is -1.79. The molecule has 2 aliphatic heterocycles. The lowest BCUT2D eigenvalue weighted by Gasteiger charge is -1.95. The molecule has 0 aliphatic carbocycles. The van der Waals surface area contributed by atoms with Crippen LogP contribution in [0.25, 0.3) is 68.1 Å². The maximum Gasteiger partial charge on any atom is 0.113 e. The molecule has 9 heteroatoms. The van der Waals surface area contributed by atoms with Crippen molar-refractivity contribution in [1.29, 1.82) is 0 Å². The second kappa shape index (κ2) is 10.1. The van der Waals surface area contributed by atoms with Crippen molar-refractivity contribution in [2.75, 3.05) is 0 Å². The first-order chi connectivity index (χ1) is 18.6. The van der Waals surface area contributed by atoms with E-state index in [0.29, 0.717) is 0 Å². The molecule has 0 saturated heterocycles. The molecule has 0 fully saturated rings. The molecule has 0 bridgehead atoms. The minimum atomic E-state index is 0.722. The summed E-state index contributed by atoms with van der Waals surface area (Å²) >= 11 is 14.3. The van der Waals surface area contributed by atoms with Crippen molar-refractivity contribution < 1.29 is 0 Å². The highest BCUT2D eigenvalue weighted by Crippen LogP contribution is 2.34. The van der Waals surface area contributed by atoms with Crippen molar-refractivity contribution in [3.8, 4) is 11.3 Å². The highest BCUT2D eigenvalue weighted by atomic mass is 32.1. The van der Waals surface area contributed by atoms with Crippen molar-refractivity contribution in [1.82, 2.24) is 25.1 Å². The Hall–Kier alpha value is -3.89. The number of hydrogen-bond donors (Lipinski definition) is 2. The van der Waals surface area contributed by atoms with E-state index < -0.39 is 0 Å². The Morgan fingerprint density at radius 1 is 0.737 bits per heavy atom. The summed E-state index contributed by atoms with van der Waals surface area (Å²) in [5.41, 5.74) is 7.28. The number of nitrogens with one attached hydrogen (secondary N) is 2. The Kier molecular flexibility index (Phi) is 6.50. The summed E-state index contributed by atoms with van der Waals surface area (Å²) in [4.78, 5) is 13.4. The van der Waals surface area contributed by atoms with Crippen LogP contribution in [-0.2, 0) is 0 Å². The van der Waals surface area contributed by atoms with Gasteiger partial charge in [0.15, 0.2) is 0 Å². The maximum atomic E-state index is 5.50. The third-order valence-electron chi connectivity index (χ3n) is 6.09. The predicted molar refractivity (Wildman–Crippen MR) is 169 cm³/mol. The average molecular weight is 566 g/mol. The monoisotopic (exact) mass is 565 g/mol. The second-order valence-electron chi connectivity index (χ2n) is 8.33. The van der Waals surface area contributed by atoms with Crippen molar-refractivity contribution in [2.45, 2.75) is 0 Å². The fourth-order valence-electron chi connectivity index (χ4n) is 4.26. The van der Waals surface area contributed by atoms with Gasteiger partial charge in [0.25, 0.3) is 0 Å². The summed E-state index contributed by atoms with van der Waals surface area (Å²) in [7, 11) is 0. The van der Waals surface area contributed by atoms with Crippen LogP contribution in [0.4, 0.5) is 0 Å². The van der Waals surface area contributed by atoms with Gasteiger partial charge in [0.1, 0.15) is 5.69 Å². The molecule has 2 aliphatic rings. The van der Waals surface area contributed by atoms with E-state index in [9.17, 15) is 0 Å². The number of fused-ring (bicyclic) bond motifs is 3. The summed E-state index contributed by atoms with van der Waals surface area (Å²) in [6, 6.07) is 7.77. The molecular formula is C29H19N5S4. The molecule has 5 nitrogen and oxygen atoms in total. The summed E-state index contributed by atoms with van der Waals surface area (Å²) in [6.07, 6.45) is 17.2. The van der Waals surface area contributed by atoms with Crippen LogP contribution in [0.3, 0.4) is 0 Å². The Bertz CT molecular complexity index is 2020. The first kappa shape index (κ1) is 24.4. The standard InChI is InChI=1S/C29H19N5S4/c1-3-24-18(26-28(37-24)22(35)11-13-30-26)8-6-16-5-7-17-20(33-34-21(17)15-32-16)10-9-19-25(4-2)38-29-23(36)12-14-31-27(19)29/h3-15H,1-2H2,(H,30,35)(H,31,36)/b8-6+,10-9+. The summed E-state index contributed by atoms with van der Waals surface area (Å²) in [5.74, 6) is 0. The van der Waals surface area contributed by atoms with Gasteiger partial charge in [0.2, 0.25) is 0 Å². The van der Waals surface area contributed by atoms with E-state index in [1.807, 2.05) is 73.1 Å². The van der Waals surface area contributed by atoms with Gasteiger partial charge in [0, 0.05) is 38.8 Å². The van der Waals surface area contributed by atoms with Crippen LogP contribution in [0.1, 0.15) is 32.3 Å². The van der Waals surface area contributed by atoms with Crippen LogP contribution in [0.2, 0.25) is 0 Å². The number of H-pyrrole nitrogens is 2. The van der Waals surface area contributed by atoms with Crippen molar-refractivity contribution in [2.24, 2.45) is 0 Å². The summed E-state index contributed by atoms with van der Waals surface area (Å²) < 4.78 is 3.74. The largest absolute Gasteiger partial charge is 0.360 e. The number of nitrogens with zero attached hydrogens (tertiary/aromatic N) is 3. The Labute approximate surface area is 236 Å². The molecule has 6 heterocycles. The van der Waals surface area contributed by atoms with E-state index in [2.05, 4.69) is 38.3 Å². The smallest absolute Gasteiger partial charge is 0.113 e. The van der Waals surface area contributed by atoms with Crippen molar-refractivity contribution in [3.05, 3.63) is 97.3 Å². The van der Waals surface area contributed by atoms with E-state index in [0.717, 1.165) is 73.0 Å². The third kappa shape index (κ3) is 4.29. The quantitative estimate of drug-likeness (QED) is 0.197. The SMILES string of the molecule is C=Cc1sc2c(=S)cc[nH]c2c1/C=C/c1ccc2c(/C=C/c3c(C=C)sc4c(=S)cc[nH]c34)nnc-2cn1. The molecule has 0 atom stereocenters. The zero-order valence-electron chi connectivity index (χ0n) is 19.9. The van der Waals surface area contributed by atoms with Crippen LogP contribution < -0.4 is 0 Å². The first-order valence-corrected chi connectivity index (χ1v) is 14.0. The number of hydrogen-bond acceptors (Lipinski definition) is 7. The Morgan fingerprint density at radius 3 is 1.95 bits per heavy atom. The highest BCUT2D eigenvalue weighted by molar-refractivity contribution is 7.72. The molecule has 6 rings (SSSR count). The Balaban J connectivity index is 1.36. The summed E-state index contributed by atoms with van der Waals surface area (Å²) in [5, 5.41) is 8.73. The zero-order valence-corrected chi connectivity index (χ0v) is 23.2. The van der Waals surface area contributed by atoms with Gasteiger partial charge < -0.3 is 9.97 Å². The topological polar surface area (TPSA) is 70.2 Å². The lowest BCUT2D eigenvalue weighted by molar-refractivity contribution is 1.08. The van der Waals surface area contributed by atoms with Gasteiger partial charge in [-0.05, 0) is 48.6 Å².